The van der Waals surface area contributed by atoms with Crippen LogP contribution in [0.5, 0.6) is 0 Å². The van der Waals surface area contributed by atoms with Crippen LogP contribution in [0.4, 0.5) is 0 Å². The molecule has 1 aliphatic heterocycles. The summed E-state index contributed by atoms with van der Waals surface area (Å²) in [6.45, 7) is 6.76. The average molecular weight is 232 g/mol. The molecule has 0 aromatic carbocycles. The summed E-state index contributed by atoms with van der Waals surface area (Å²) in [6, 6.07) is 0. The molecule has 2 aliphatic carbocycles. The van der Waals surface area contributed by atoms with Crippen LogP contribution in [0.2, 0.25) is 0 Å². The molecule has 4 atom stereocenters. The molecule has 0 saturated carbocycles. The Bertz CT molecular complexity index is 417. The third-order valence-electron chi connectivity index (χ3n) is 4.68. The lowest BCUT2D eigenvalue weighted by molar-refractivity contribution is -0.137. The van der Waals surface area contributed by atoms with Gasteiger partial charge < -0.3 is 4.74 Å². The van der Waals surface area contributed by atoms with E-state index >= 15 is 0 Å². The summed E-state index contributed by atoms with van der Waals surface area (Å²) in [5, 5.41) is 0. The zero-order valence-electron chi connectivity index (χ0n) is 10.8. The summed E-state index contributed by atoms with van der Waals surface area (Å²) in [5.41, 5.74) is 2.35. The van der Waals surface area contributed by atoms with Gasteiger partial charge in [0.15, 0.2) is 0 Å². The number of carbonyl (C=O) groups is 1. The zero-order valence-corrected chi connectivity index (χ0v) is 10.8. The van der Waals surface area contributed by atoms with Crippen LogP contribution in [0.3, 0.4) is 0 Å². The van der Waals surface area contributed by atoms with Crippen molar-refractivity contribution in [1.82, 2.24) is 0 Å². The molecule has 0 bridgehead atoms. The number of hydrogen-bond acceptors (Lipinski definition) is 2. The number of hydrogen-bond donors (Lipinski definition) is 0. The van der Waals surface area contributed by atoms with E-state index in [9.17, 15) is 4.79 Å². The standard InChI is InChI=1S/C15H20O2/c1-8(2)10-4-5-11-14-12(10)6-9(3)7-13(14)17-15(11)16/h5,7-8,10,12-14H,4,6H2,1-3H3. The van der Waals surface area contributed by atoms with E-state index < -0.39 is 0 Å². The van der Waals surface area contributed by atoms with Gasteiger partial charge in [0, 0.05) is 11.5 Å². The Morgan fingerprint density at radius 2 is 2.18 bits per heavy atom. The second kappa shape index (κ2) is 3.72. The van der Waals surface area contributed by atoms with Crippen LogP contribution in [0.1, 0.15) is 33.6 Å². The molecular formula is C15H20O2. The van der Waals surface area contributed by atoms with Crippen molar-refractivity contribution in [3.63, 3.8) is 0 Å². The largest absolute Gasteiger partial charge is 0.454 e. The second-order valence-electron chi connectivity index (χ2n) is 6.08. The van der Waals surface area contributed by atoms with E-state index in [0.29, 0.717) is 23.7 Å². The summed E-state index contributed by atoms with van der Waals surface area (Å²) in [5.74, 6) is 2.26. The molecule has 0 aromatic heterocycles. The van der Waals surface area contributed by atoms with Gasteiger partial charge in [0.05, 0.1) is 0 Å². The van der Waals surface area contributed by atoms with Gasteiger partial charge in [-0.25, -0.2) is 4.79 Å². The number of allylic oxidation sites excluding steroid dienone is 2. The lowest BCUT2D eigenvalue weighted by Crippen LogP contribution is -2.37. The van der Waals surface area contributed by atoms with E-state index in [-0.39, 0.29) is 12.1 Å². The highest BCUT2D eigenvalue weighted by Gasteiger charge is 2.49. The van der Waals surface area contributed by atoms with Crippen molar-refractivity contribution in [1.29, 1.82) is 0 Å². The second-order valence-corrected chi connectivity index (χ2v) is 6.08. The summed E-state index contributed by atoms with van der Waals surface area (Å²) < 4.78 is 5.49. The van der Waals surface area contributed by atoms with Gasteiger partial charge in [-0.2, -0.15) is 0 Å². The molecule has 0 aromatic rings. The summed E-state index contributed by atoms with van der Waals surface area (Å²) in [4.78, 5) is 11.8. The van der Waals surface area contributed by atoms with Crippen LogP contribution < -0.4 is 0 Å². The summed E-state index contributed by atoms with van der Waals surface area (Å²) in [7, 11) is 0. The van der Waals surface area contributed by atoms with Crippen molar-refractivity contribution in [3.05, 3.63) is 23.3 Å². The Balaban J connectivity index is 2.02. The molecule has 2 heteroatoms. The van der Waals surface area contributed by atoms with E-state index in [1.54, 1.807) is 0 Å². The Kier molecular flexibility index (Phi) is 2.42. The van der Waals surface area contributed by atoms with Gasteiger partial charge in [0.2, 0.25) is 0 Å². The highest BCUT2D eigenvalue weighted by Crippen LogP contribution is 2.50. The minimum Gasteiger partial charge on any atom is -0.454 e. The predicted octanol–water partition coefficient (Wildman–Crippen LogP) is 3.10. The van der Waals surface area contributed by atoms with Gasteiger partial charge in [-0.15, -0.1) is 0 Å². The van der Waals surface area contributed by atoms with Crippen LogP contribution in [0.25, 0.3) is 0 Å². The van der Waals surface area contributed by atoms with E-state index in [1.807, 2.05) is 0 Å². The van der Waals surface area contributed by atoms with Crippen molar-refractivity contribution < 1.29 is 9.53 Å². The maximum Gasteiger partial charge on any atom is 0.334 e. The lowest BCUT2D eigenvalue weighted by atomic mass is 9.63. The fourth-order valence-electron chi connectivity index (χ4n) is 3.88. The Morgan fingerprint density at radius 1 is 1.41 bits per heavy atom. The van der Waals surface area contributed by atoms with Crippen molar-refractivity contribution >= 4 is 5.97 Å². The number of ether oxygens (including phenoxy) is 1. The molecule has 4 unspecified atom stereocenters. The molecule has 1 saturated heterocycles. The zero-order chi connectivity index (χ0) is 12.2. The first-order valence-corrected chi connectivity index (χ1v) is 6.66. The topological polar surface area (TPSA) is 26.3 Å². The van der Waals surface area contributed by atoms with Gasteiger partial charge in [-0.3, -0.25) is 0 Å². The molecule has 1 fully saturated rings. The van der Waals surface area contributed by atoms with Gasteiger partial charge in [-0.1, -0.05) is 25.5 Å². The van der Waals surface area contributed by atoms with Crippen molar-refractivity contribution in [3.8, 4) is 0 Å². The number of rotatable bonds is 1. The third kappa shape index (κ3) is 1.57. The first kappa shape index (κ1) is 11.1. The molecule has 1 heterocycles. The minimum atomic E-state index is -0.0712. The molecular weight excluding hydrogens is 212 g/mol. The van der Waals surface area contributed by atoms with Gasteiger partial charge in [0.25, 0.3) is 0 Å². The maximum atomic E-state index is 11.8. The Morgan fingerprint density at radius 3 is 2.88 bits per heavy atom. The quantitative estimate of drug-likeness (QED) is 0.513. The first-order chi connectivity index (χ1) is 8.08. The molecule has 0 amide bonds. The van der Waals surface area contributed by atoms with E-state index in [1.165, 1.54) is 5.57 Å². The smallest absolute Gasteiger partial charge is 0.334 e. The molecule has 0 N–H and O–H groups in total. The summed E-state index contributed by atoms with van der Waals surface area (Å²) >= 11 is 0. The van der Waals surface area contributed by atoms with Crippen molar-refractivity contribution in [2.45, 2.75) is 39.7 Å². The monoisotopic (exact) mass is 232 g/mol. The molecule has 0 spiro atoms. The Labute approximate surface area is 103 Å². The Hall–Kier alpha value is -1.05. The van der Waals surface area contributed by atoms with Gasteiger partial charge in [-0.05, 0) is 43.6 Å². The van der Waals surface area contributed by atoms with E-state index in [2.05, 4.69) is 32.9 Å². The van der Waals surface area contributed by atoms with Crippen molar-refractivity contribution in [2.24, 2.45) is 23.7 Å². The van der Waals surface area contributed by atoms with E-state index in [0.717, 1.165) is 18.4 Å². The van der Waals surface area contributed by atoms with Crippen LogP contribution in [0.15, 0.2) is 23.3 Å². The maximum absolute atomic E-state index is 11.8. The molecule has 92 valence electrons. The molecule has 17 heavy (non-hydrogen) atoms. The van der Waals surface area contributed by atoms with Crippen LogP contribution >= 0.6 is 0 Å². The highest BCUT2D eigenvalue weighted by atomic mass is 16.6. The molecule has 3 rings (SSSR count). The highest BCUT2D eigenvalue weighted by molar-refractivity contribution is 5.92. The summed E-state index contributed by atoms with van der Waals surface area (Å²) in [6.07, 6.45) is 6.50. The predicted molar refractivity (Wildman–Crippen MR) is 66.3 cm³/mol. The van der Waals surface area contributed by atoms with Gasteiger partial charge >= 0.3 is 5.97 Å². The van der Waals surface area contributed by atoms with Gasteiger partial charge in [0.1, 0.15) is 6.10 Å². The van der Waals surface area contributed by atoms with E-state index in [4.69, 9.17) is 4.74 Å². The minimum absolute atomic E-state index is 0.0223. The molecule has 2 nitrogen and oxygen atoms in total. The number of carbonyl (C=O) groups excluding carboxylic acids is 1. The normalized spacial score (nSPS) is 39.6. The van der Waals surface area contributed by atoms with Crippen LogP contribution in [-0.4, -0.2) is 12.1 Å². The van der Waals surface area contributed by atoms with Crippen LogP contribution in [0, 0.1) is 23.7 Å². The molecule has 0 radical (unpaired) electrons. The van der Waals surface area contributed by atoms with Crippen molar-refractivity contribution in [2.75, 3.05) is 0 Å². The third-order valence-corrected chi connectivity index (χ3v) is 4.68. The fourth-order valence-corrected chi connectivity index (χ4v) is 3.88. The fraction of sp³-hybridized carbons (Fsp3) is 0.667. The number of esters is 1. The van der Waals surface area contributed by atoms with Crippen LogP contribution in [-0.2, 0) is 9.53 Å². The SMILES string of the molecule is CC1=CC2OC(=O)C3=CCC(C(C)C)C(C1)C32. The molecule has 3 aliphatic rings. The average Bonchev–Trinajstić information content (AvgIpc) is 2.56. The lowest BCUT2D eigenvalue weighted by Gasteiger charge is -2.40. The first-order valence-electron chi connectivity index (χ1n) is 6.66.